The molecule has 0 bridgehead atoms. The van der Waals surface area contributed by atoms with Crippen LogP contribution in [0, 0.1) is 0 Å². The Hall–Kier alpha value is -1.40. The van der Waals surface area contributed by atoms with Gasteiger partial charge in [-0.05, 0) is 12.1 Å². The zero-order valence-corrected chi connectivity index (χ0v) is 8.32. The van der Waals surface area contributed by atoms with Crippen molar-refractivity contribution < 1.29 is 8.42 Å². The van der Waals surface area contributed by atoms with Crippen molar-refractivity contribution >= 4 is 21.1 Å². The summed E-state index contributed by atoms with van der Waals surface area (Å²) in [5.74, 6) is 0. The fourth-order valence-corrected chi connectivity index (χ4v) is 2.17. The van der Waals surface area contributed by atoms with Crippen molar-refractivity contribution in [3.8, 4) is 0 Å². The first-order valence-electron chi connectivity index (χ1n) is 3.93. The Balaban J connectivity index is 2.93. The van der Waals surface area contributed by atoms with Gasteiger partial charge in [0.25, 0.3) is 0 Å². The highest BCUT2D eigenvalue weighted by atomic mass is 32.2. The molecule has 14 heavy (non-hydrogen) atoms. The van der Waals surface area contributed by atoms with E-state index >= 15 is 0 Å². The minimum Gasteiger partial charge on any atom is -0.334 e. The average molecular weight is 211 g/mol. The van der Waals surface area contributed by atoms with E-state index in [2.05, 4.69) is 4.98 Å². The lowest BCUT2D eigenvalue weighted by molar-refractivity contribution is 0.598. The quantitative estimate of drug-likeness (QED) is 0.733. The molecule has 0 amide bonds. The molecule has 0 saturated carbocycles. The molecule has 0 fully saturated rings. The second-order valence-electron chi connectivity index (χ2n) is 3.02. The maximum absolute atomic E-state index is 11.2. The fourth-order valence-electron chi connectivity index (χ4n) is 1.40. The molecule has 2 rings (SSSR count). The first-order valence-corrected chi connectivity index (χ1v) is 5.47. The molecule has 0 aliphatic carbocycles. The largest absolute Gasteiger partial charge is 0.334 e. The van der Waals surface area contributed by atoms with Crippen LogP contribution >= 0.6 is 0 Å². The summed E-state index contributed by atoms with van der Waals surface area (Å²) in [5.41, 5.74) is 0.608. The smallest absolute Gasteiger partial charge is 0.240 e. The molecule has 0 aliphatic heterocycles. The van der Waals surface area contributed by atoms with E-state index in [4.69, 9.17) is 5.14 Å². The minimum absolute atomic E-state index is 0.114. The van der Waals surface area contributed by atoms with Crippen LogP contribution in [-0.4, -0.2) is 18.0 Å². The van der Waals surface area contributed by atoms with E-state index in [1.807, 2.05) is 0 Å². The van der Waals surface area contributed by atoms with Gasteiger partial charge in [-0.15, -0.1) is 0 Å². The number of nitrogens with zero attached hydrogens (tertiary/aromatic N) is 2. The lowest BCUT2D eigenvalue weighted by Gasteiger charge is -1.93. The number of nitrogens with two attached hydrogens (primary N) is 1. The van der Waals surface area contributed by atoms with Crippen molar-refractivity contribution in [3.05, 3.63) is 24.5 Å². The van der Waals surface area contributed by atoms with Gasteiger partial charge >= 0.3 is 0 Å². The number of hydrogen-bond acceptors (Lipinski definition) is 3. The number of aromatic nitrogens is 2. The Bertz CT molecular complexity index is 586. The Labute approximate surface area is 81.2 Å². The van der Waals surface area contributed by atoms with Crippen LogP contribution in [0.1, 0.15) is 0 Å². The fraction of sp³-hybridized carbons (Fsp3) is 0.125. The summed E-state index contributed by atoms with van der Waals surface area (Å²) in [4.78, 5) is 4.17. The highest BCUT2D eigenvalue weighted by Crippen LogP contribution is 2.21. The van der Waals surface area contributed by atoms with Crippen molar-refractivity contribution in [1.82, 2.24) is 9.55 Å². The standard InChI is InChI=1S/C8H9N3O2S/c1-11-5-7(14(9,12)13)6-3-2-4-10-8(6)11/h2-5H,1H3,(H2,9,12,13). The number of hydrogen-bond donors (Lipinski definition) is 1. The monoisotopic (exact) mass is 211 g/mol. The van der Waals surface area contributed by atoms with Gasteiger partial charge in [-0.2, -0.15) is 0 Å². The Morgan fingerprint density at radius 2 is 2.21 bits per heavy atom. The maximum Gasteiger partial charge on any atom is 0.240 e. The lowest BCUT2D eigenvalue weighted by atomic mass is 10.3. The molecule has 0 saturated heterocycles. The van der Waals surface area contributed by atoms with Crippen LogP contribution in [0.4, 0.5) is 0 Å². The molecule has 0 spiro atoms. The predicted molar refractivity (Wildman–Crippen MR) is 52.1 cm³/mol. The zero-order valence-electron chi connectivity index (χ0n) is 7.51. The highest BCUT2D eigenvalue weighted by Gasteiger charge is 2.15. The summed E-state index contributed by atoms with van der Waals surface area (Å²) < 4.78 is 24.0. The molecule has 5 nitrogen and oxygen atoms in total. The van der Waals surface area contributed by atoms with E-state index in [0.29, 0.717) is 11.0 Å². The van der Waals surface area contributed by atoms with Gasteiger partial charge in [0.2, 0.25) is 10.0 Å². The zero-order chi connectivity index (χ0) is 10.3. The molecule has 74 valence electrons. The summed E-state index contributed by atoms with van der Waals surface area (Å²) in [6.45, 7) is 0. The molecule has 0 aliphatic rings. The summed E-state index contributed by atoms with van der Waals surface area (Å²) in [7, 11) is -1.94. The topological polar surface area (TPSA) is 78.0 Å². The van der Waals surface area contributed by atoms with Crippen LogP contribution in [0.15, 0.2) is 29.4 Å². The maximum atomic E-state index is 11.2. The second-order valence-corrected chi connectivity index (χ2v) is 4.55. The third-order valence-electron chi connectivity index (χ3n) is 2.00. The van der Waals surface area contributed by atoms with Crippen LogP contribution in [0.25, 0.3) is 11.0 Å². The molecule has 0 unspecified atom stereocenters. The van der Waals surface area contributed by atoms with Gasteiger partial charge in [-0.25, -0.2) is 18.5 Å². The SMILES string of the molecule is Cn1cc(S(N)(=O)=O)c2cccnc21. The molecule has 6 heteroatoms. The molecule has 0 atom stereocenters. The lowest BCUT2D eigenvalue weighted by Crippen LogP contribution is -2.11. The molecular formula is C8H9N3O2S. The van der Waals surface area contributed by atoms with Crippen molar-refractivity contribution in [2.45, 2.75) is 4.90 Å². The number of pyridine rings is 1. The average Bonchev–Trinajstić information content (AvgIpc) is 2.44. The number of primary sulfonamides is 1. The summed E-state index contributed by atoms with van der Waals surface area (Å²) >= 11 is 0. The van der Waals surface area contributed by atoms with Gasteiger partial charge in [0, 0.05) is 24.8 Å². The molecule has 0 aromatic carbocycles. The van der Waals surface area contributed by atoms with Crippen LogP contribution in [0.2, 0.25) is 0 Å². The normalized spacial score (nSPS) is 12.1. The van der Waals surface area contributed by atoms with E-state index in [1.54, 1.807) is 29.9 Å². The number of aryl methyl sites for hydroxylation is 1. The van der Waals surface area contributed by atoms with Gasteiger partial charge in [0.05, 0.1) is 0 Å². The van der Waals surface area contributed by atoms with E-state index in [9.17, 15) is 8.42 Å². The van der Waals surface area contributed by atoms with Crippen LogP contribution in [0.5, 0.6) is 0 Å². The summed E-state index contributed by atoms with van der Waals surface area (Å²) in [6.07, 6.45) is 3.07. The Morgan fingerprint density at radius 3 is 2.86 bits per heavy atom. The van der Waals surface area contributed by atoms with E-state index < -0.39 is 10.0 Å². The summed E-state index contributed by atoms with van der Waals surface area (Å²) in [5, 5.41) is 5.62. The Kier molecular flexibility index (Phi) is 1.83. The van der Waals surface area contributed by atoms with E-state index in [0.717, 1.165) is 0 Å². The van der Waals surface area contributed by atoms with Crippen molar-refractivity contribution in [1.29, 1.82) is 0 Å². The molecule has 2 aromatic heterocycles. The van der Waals surface area contributed by atoms with Gasteiger partial charge in [-0.1, -0.05) is 0 Å². The first kappa shape index (κ1) is 9.17. The Morgan fingerprint density at radius 1 is 1.50 bits per heavy atom. The first-order chi connectivity index (χ1) is 6.50. The van der Waals surface area contributed by atoms with Gasteiger partial charge < -0.3 is 4.57 Å². The number of fused-ring (bicyclic) bond motifs is 1. The molecule has 2 aromatic rings. The van der Waals surface area contributed by atoms with Gasteiger partial charge in [0.1, 0.15) is 10.5 Å². The van der Waals surface area contributed by atoms with Crippen LogP contribution < -0.4 is 5.14 Å². The minimum atomic E-state index is -3.67. The highest BCUT2D eigenvalue weighted by molar-refractivity contribution is 7.89. The molecule has 2 heterocycles. The van der Waals surface area contributed by atoms with Crippen molar-refractivity contribution in [2.75, 3.05) is 0 Å². The third kappa shape index (κ3) is 1.28. The molecular weight excluding hydrogens is 202 g/mol. The van der Waals surface area contributed by atoms with Crippen LogP contribution in [-0.2, 0) is 17.1 Å². The third-order valence-corrected chi connectivity index (χ3v) is 2.94. The van der Waals surface area contributed by atoms with Gasteiger partial charge in [-0.3, -0.25) is 0 Å². The van der Waals surface area contributed by atoms with Crippen LogP contribution in [0.3, 0.4) is 0 Å². The molecule has 2 N–H and O–H groups in total. The summed E-state index contributed by atoms with van der Waals surface area (Å²) in [6, 6.07) is 3.36. The van der Waals surface area contributed by atoms with Crippen molar-refractivity contribution in [2.24, 2.45) is 12.2 Å². The number of sulfonamides is 1. The molecule has 0 radical (unpaired) electrons. The van der Waals surface area contributed by atoms with E-state index in [1.165, 1.54) is 6.20 Å². The number of rotatable bonds is 1. The second kappa shape index (κ2) is 2.79. The van der Waals surface area contributed by atoms with E-state index in [-0.39, 0.29) is 4.90 Å². The van der Waals surface area contributed by atoms with Crippen molar-refractivity contribution in [3.63, 3.8) is 0 Å². The predicted octanol–water partition coefficient (Wildman–Crippen LogP) is 0.221. The van der Waals surface area contributed by atoms with Gasteiger partial charge in [0.15, 0.2) is 0 Å².